The maximum Gasteiger partial charge on any atom is 0.0144 e. The van der Waals surface area contributed by atoms with Gasteiger partial charge in [0.25, 0.3) is 0 Å². The Balaban J connectivity index is 1.14. The zero-order valence-electron chi connectivity index (χ0n) is 24.7. The van der Waals surface area contributed by atoms with E-state index in [2.05, 4.69) is 76.7 Å². The minimum atomic E-state index is 0.241. The minimum Gasteiger partial charge on any atom is -0.311 e. The Hall–Kier alpha value is -0.160. The van der Waals surface area contributed by atoms with Gasteiger partial charge in [-0.05, 0) is 151 Å². The molecule has 35 heavy (non-hydrogen) atoms. The summed E-state index contributed by atoms with van der Waals surface area (Å²) in [5, 5.41) is 15.9. The summed E-state index contributed by atoms with van der Waals surface area (Å²) in [5.41, 5.74) is 0.963. The lowest BCUT2D eigenvalue weighted by Crippen LogP contribution is -2.62. The fraction of sp³-hybridized carbons (Fsp3) is 1.00. The first-order valence-corrected chi connectivity index (χ1v) is 15.3. The van der Waals surface area contributed by atoms with Gasteiger partial charge in [0.15, 0.2) is 0 Å². The van der Waals surface area contributed by atoms with Gasteiger partial charge in [-0.25, -0.2) is 0 Å². The van der Waals surface area contributed by atoms with Gasteiger partial charge in [-0.2, -0.15) is 0 Å². The summed E-state index contributed by atoms with van der Waals surface area (Å²) in [5.74, 6) is 1.96. The number of nitrogens with one attached hydrogen (secondary N) is 4. The maximum absolute atomic E-state index is 4.10. The van der Waals surface area contributed by atoms with Gasteiger partial charge < -0.3 is 21.3 Å². The molecule has 4 fully saturated rings. The van der Waals surface area contributed by atoms with Crippen LogP contribution in [0.3, 0.4) is 0 Å². The molecule has 2 saturated heterocycles. The smallest absolute Gasteiger partial charge is 0.0144 e. The average Bonchev–Trinajstić information content (AvgIpc) is 2.66. The van der Waals surface area contributed by atoms with Gasteiger partial charge in [-0.3, -0.25) is 0 Å². The van der Waals surface area contributed by atoms with Crippen molar-refractivity contribution in [1.82, 2.24) is 21.3 Å². The number of rotatable bonds is 6. The predicted molar refractivity (Wildman–Crippen MR) is 151 cm³/mol. The summed E-state index contributed by atoms with van der Waals surface area (Å²) in [4.78, 5) is 0. The topological polar surface area (TPSA) is 48.1 Å². The van der Waals surface area contributed by atoms with Crippen LogP contribution in [0.4, 0.5) is 0 Å². The molecule has 0 aromatic carbocycles. The predicted octanol–water partition coefficient (Wildman–Crippen LogP) is 6.29. The average molecular weight is 489 g/mol. The van der Waals surface area contributed by atoms with Crippen LogP contribution in [-0.4, -0.2) is 46.3 Å². The summed E-state index contributed by atoms with van der Waals surface area (Å²) in [6.07, 6.45) is 17.9. The fourth-order valence-corrected chi connectivity index (χ4v) is 9.15. The second kappa shape index (κ2) is 10.5. The molecule has 2 aliphatic carbocycles. The van der Waals surface area contributed by atoms with Crippen molar-refractivity contribution >= 4 is 0 Å². The standard InChI is InChI=1S/C31H60N4/c1-28(2)18-26(19-29(3,4)34-28)32-24-13-9-22(10-14-24)17-23-11-15-25(16-12-23)33-27-20-30(5,6)35-31(7,8)21-27/h22-27,32-35H,9-21H2,1-8H3. The molecule has 0 aromatic rings. The van der Waals surface area contributed by atoms with Crippen molar-refractivity contribution < 1.29 is 0 Å². The van der Waals surface area contributed by atoms with E-state index in [4.69, 9.17) is 0 Å². The van der Waals surface area contributed by atoms with Gasteiger partial charge in [-0.1, -0.05) is 0 Å². The van der Waals surface area contributed by atoms with E-state index in [0.717, 1.165) is 23.9 Å². The molecule has 0 aromatic heterocycles. The normalized spacial score (nSPS) is 37.7. The third-order valence-corrected chi connectivity index (χ3v) is 9.68. The van der Waals surface area contributed by atoms with Crippen molar-refractivity contribution in [2.24, 2.45) is 11.8 Å². The molecule has 4 rings (SSSR count). The molecule has 4 aliphatic rings. The molecule has 2 heterocycles. The quantitative estimate of drug-likeness (QED) is 0.355. The van der Waals surface area contributed by atoms with Crippen LogP contribution in [0.25, 0.3) is 0 Å². The zero-order chi connectivity index (χ0) is 25.5. The zero-order valence-corrected chi connectivity index (χ0v) is 24.7. The lowest BCUT2D eigenvalue weighted by molar-refractivity contribution is 0.124. The molecule has 2 aliphatic heterocycles. The molecule has 0 amide bonds. The van der Waals surface area contributed by atoms with E-state index in [1.165, 1.54) is 83.5 Å². The van der Waals surface area contributed by atoms with Crippen molar-refractivity contribution in [1.29, 1.82) is 0 Å². The summed E-state index contributed by atoms with van der Waals surface area (Å²) < 4.78 is 0. The first-order valence-electron chi connectivity index (χ1n) is 15.3. The van der Waals surface area contributed by atoms with Crippen LogP contribution in [0.5, 0.6) is 0 Å². The van der Waals surface area contributed by atoms with Crippen molar-refractivity contribution in [2.75, 3.05) is 0 Å². The number of hydrogen-bond donors (Lipinski definition) is 4. The molecule has 0 bridgehead atoms. The third-order valence-electron chi connectivity index (χ3n) is 9.68. The van der Waals surface area contributed by atoms with Gasteiger partial charge in [0.05, 0.1) is 0 Å². The summed E-state index contributed by atoms with van der Waals surface area (Å²) in [7, 11) is 0. The first-order chi connectivity index (χ1) is 16.2. The van der Waals surface area contributed by atoms with E-state index >= 15 is 0 Å². The number of hydrogen-bond acceptors (Lipinski definition) is 4. The van der Waals surface area contributed by atoms with Gasteiger partial charge in [-0.15, -0.1) is 0 Å². The Morgan fingerprint density at radius 3 is 1.03 bits per heavy atom. The summed E-state index contributed by atoms with van der Waals surface area (Å²) in [6, 6.07) is 2.84. The fourth-order valence-electron chi connectivity index (χ4n) is 9.15. The van der Waals surface area contributed by atoms with Crippen LogP contribution in [-0.2, 0) is 0 Å². The van der Waals surface area contributed by atoms with Gasteiger partial charge >= 0.3 is 0 Å². The Morgan fingerprint density at radius 1 is 0.457 bits per heavy atom. The highest BCUT2D eigenvalue weighted by molar-refractivity contribution is 5.02. The van der Waals surface area contributed by atoms with Crippen molar-refractivity contribution in [3.05, 3.63) is 0 Å². The number of piperidine rings is 2. The molecule has 2 saturated carbocycles. The monoisotopic (exact) mass is 488 g/mol. The second-order valence-electron chi connectivity index (χ2n) is 16.0. The Morgan fingerprint density at radius 2 is 0.743 bits per heavy atom. The SMILES string of the molecule is CC1(C)CC(NC2CCC(CC3CCC(NC4CC(C)(C)NC(C)(C)C4)CC3)CC2)CC(C)(C)N1. The lowest BCUT2D eigenvalue weighted by atomic mass is 9.74. The molecule has 0 atom stereocenters. The second-order valence-corrected chi connectivity index (χ2v) is 16.0. The Kier molecular flexibility index (Phi) is 8.39. The van der Waals surface area contributed by atoms with E-state index in [0.29, 0.717) is 12.1 Å². The van der Waals surface area contributed by atoms with Crippen LogP contribution >= 0.6 is 0 Å². The summed E-state index contributed by atoms with van der Waals surface area (Å²) in [6.45, 7) is 19.0. The van der Waals surface area contributed by atoms with Gasteiger partial charge in [0, 0.05) is 46.3 Å². The molecule has 204 valence electrons. The molecular weight excluding hydrogens is 428 g/mol. The summed E-state index contributed by atoms with van der Waals surface area (Å²) >= 11 is 0. The van der Waals surface area contributed by atoms with Crippen molar-refractivity contribution in [2.45, 2.75) is 185 Å². The lowest BCUT2D eigenvalue weighted by Gasteiger charge is -2.48. The molecule has 4 heteroatoms. The highest BCUT2D eigenvalue weighted by Gasteiger charge is 2.40. The largest absolute Gasteiger partial charge is 0.311 e. The van der Waals surface area contributed by atoms with E-state index in [9.17, 15) is 0 Å². The molecule has 0 radical (unpaired) electrons. The van der Waals surface area contributed by atoms with Crippen LogP contribution in [0.15, 0.2) is 0 Å². The molecule has 4 N–H and O–H groups in total. The van der Waals surface area contributed by atoms with Crippen LogP contribution in [0, 0.1) is 11.8 Å². The van der Waals surface area contributed by atoms with E-state index in [1.807, 2.05) is 0 Å². The molecule has 0 unspecified atom stereocenters. The van der Waals surface area contributed by atoms with Crippen molar-refractivity contribution in [3.63, 3.8) is 0 Å². The van der Waals surface area contributed by atoms with Crippen LogP contribution in [0.2, 0.25) is 0 Å². The van der Waals surface area contributed by atoms with Crippen LogP contribution < -0.4 is 21.3 Å². The Labute approximate surface area is 218 Å². The molecule has 4 nitrogen and oxygen atoms in total. The van der Waals surface area contributed by atoms with E-state index < -0.39 is 0 Å². The third kappa shape index (κ3) is 8.42. The first kappa shape index (κ1) is 27.9. The highest BCUT2D eigenvalue weighted by Crippen LogP contribution is 2.37. The van der Waals surface area contributed by atoms with Gasteiger partial charge in [0.1, 0.15) is 0 Å². The van der Waals surface area contributed by atoms with Crippen molar-refractivity contribution in [3.8, 4) is 0 Å². The highest BCUT2D eigenvalue weighted by atomic mass is 15.1. The Bertz CT molecular complexity index is 590. The van der Waals surface area contributed by atoms with E-state index in [1.54, 1.807) is 0 Å². The molecular formula is C31H60N4. The minimum absolute atomic E-state index is 0.241. The molecule has 0 spiro atoms. The van der Waals surface area contributed by atoms with Gasteiger partial charge in [0.2, 0.25) is 0 Å². The van der Waals surface area contributed by atoms with E-state index in [-0.39, 0.29) is 22.2 Å². The maximum atomic E-state index is 4.10. The van der Waals surface area contributed by atoms with Crippen LogP contribution in [0.1, 0.15) is 139 Å².